The molecule has 0 saturated heterocycles. The third kappa shape index (κ3) is 1.13. The fraction of sp³-hybridized carbons (Fsp3) is 0.167. The van der Waals surface area contributed by atoms with Crippen molar-refractivity contribution in [2.75, 3.05) is 0 Å². The van der Waals surface area contributed by atoms with E-state index in [0.29, 0.717) is 5.03 Å². The molecule has 0 amide bonds. The Balaban J connectivity index is 2.74. The molecule has 9 heavy (non-hydrogen) atoms. The molecule has 0 aromatic heterocycles. The molecule has 0 aliphatic heterocycles. The minimum Gasteiger partial charge on any atom is -0.481 e. The fourth-order valence-electron chi connectivity index (χ4n) is 0.654. The Morgan fingerprint density at radius 1 is 1.78 bits per heavy atom. The minimum atomic E-state index is -0.898. The summed E-state index contributed by atoms with van der Waals surface area (Å²) in [5, 5.41) is 8.78. The number of halogens is 1. The van der Waals surface area contributed by atoms with Gasteiger partial charge in [0, 0.05) is 5.03 Å². The molecule has 0 saturated carbocycles. The maximum absolute atomic E-state index is 10.2. The molecule has 0 spiro atoms. The largest absolute Gasteiger partial charge is 0.481 e. The number of hydrogen-bond donors (Lipinski definition) is 1. The minimum absolute atomic E-state index is 0.377. The van der Waals surface area contributed by atoms with Gasteiger partial charge in [0.15, 0.2) is 0 Å². The summed E-state index contributed by atoms with van der Waals surface area (Å²) in [6, 6.07) is 0. The molecular formula is C6H5ClO2. The molecule has 1 aliphatic carbocycles. The number of rotatable bonds is 1. The van der Waals surface area contributed by atoms with Gasteiger partial charge in [0.05, 0.1) is 0 Å². The number of allylic oxidation sites excluding steroid dienone is 2. The lowest BCUT2D eigenvalue weighted by atomic mass is 10.2. The van der Waals surface area contributed by atoms with Gasteiger partial charge in [-0.1, -0.05) is 23.8 Å². The van der Waals surface area contributed by atoms with Crippen LogP contribution in [0.1, 0.15) is 0 Å². The number of hydrogen-bond acceptors (Lipinski definition) is 1. The first-order chi connectivity index (χ1) is 4.22. The number of aliphatic carboxylic acids is 1. The Labute approximate surface area is 57.4 Å². The van der Waals surface area contributed by atoms with Gasteiger partial charge in [-0.3, -0.25) is 4.79 Å². The second kappa shape index (κ2) is 2.23. The molecule has 2 nitrogen and oxygen atoms in total. The lowest BCUT2D eigenvalue weighted by molar-refractivity contribution is -0.138. The van der Waals surface area contributed by atoms with Crippen LogP contribution in [0.2, 0.25) is 0 Å². The summed E-state index contributed by atoms with van der Waals surface area (Å²) in [6.45, 7) is 0. The first-order valence-corrected chi connectivity index (χ1v) is 2.86. The van der Waals surface area contributed by atoms with Crippen LogP contribution in [-0.2, 0) is 4.79 Å². The van der Waals surface area contributed by atoms with Crippen molar-refractivity contribution in [2.45, 2.75) is 0 Å². The van der Waals surface area contributed by atoms with Crippen LogP contribution >= 0.6 is 11.6 Å². The van der Waals surface area contributed by atoms with Gasteiger partial charge < -0.3 is 5.11 Å². The van der Waals surface area contributed by atoms with Crippen molar-refractivity contribution in [1.82, 2.24) is 0 Å². The molecule has 0 radical (unpaired) electrons. The highest BCUT2D eigenvalue weighted by Gasteiger charge is 2.19. The van der Waals surface area contributed by atoms with Gasteiger partial charge in [0.25, 0.3) is 0 Å². The van der Waals surface area contributed by atoms with E-state index in [9.17, 15) is 4.79 Å². The predicted molar refractivity (Wildman–Crippen MR) is 34.2 cm³/mol. The van der Waals surface area contributed by atoms with Gasteiger partial charge in [-0.05, 0) is 6.08 Å². The van der Waals surface area contributed by atoms with Crippen LogP contribution in [0.25, 0.3) is 0 Å². The Morgan fingerprint density at radius 3 is 2.67 bits per heavy atom. The second-order valence-electron chi connectivity index (χ2n) is 1.75. The summed E-state index contributed by atoms with van der Waals surface area (Å²) < 4.78 is 0. The van der Waals surface area contributed by atoms with Crippen LogP contribution in [-0.4, -0.2) is 11.1 Å². The van der Waals surface area contributed by atoms with Crippen molar-refractivity contribution in [3.63, 3.8) is 0 Å². The van der Waals surface area contributed by atoms with Crippen molar-refractivity contribution in [3.8, 4) is 0 Å². The lowest BCUT2D eigenvalue weighted by Gasteiger charge is -1.98. The van der Waals surface area contributed by atoms with Crippen molar-refractivity contribution in [1.29, 1.82) is 0 Å². The Hall–Kier alpha value is -0.760. The second-order valence-corrected chi connectivity index (χ2v) is 2.19. The number of carboxylic acid groups (broad SMARTS) is 1. The van der Waals surface area contributed by atoms with Gasteiger partial charge in [-0.15, -0.1) is 0 Å². The topological polar surface area (TPSA) is 37.3 Å². The number of carboxylic acids is 1. The van der Waals surface area contributed by atoms with Crippen LogP contribution in [0.15, 0.2) is 23.3 Å². The highest BCUT2D eigenvalue weighted by atomic mass is 35.5. The summed E-state index contributed by atoms with van der Waals surface area (Å²) >= 11 is 5.49. The molecule has 48 valence electrons. The predicted octanol–water partition coefficient (Wildman–Crippen LogP) is 1.38. The van der Waals surface area contributed by atoms with E-state index in [0.717, 1.165) is 0 Å². The standard InChI is InChI=1S/C6H5ClO2/c7-5-3-1-2-4(5)6(8)9/h1-4H,(H,8,9). The first-order valence-electron chi connectivity index (χ1n) is 2.48. The van der Waals surface area contributed by atoms with E-state index in [1.165, 1.54) is 0 Å². The molecule has 1 atom stereocenters. The molecule has 1 unspecified atom stereocenters. The number of carbonyl (C=O) groups is 1. The molecule has 3 heteroatoms. The maximum Gasteiger partial charge on any atom is 0.315 e. The average Bonchev–Trinajstić information content (AvgIpc) is 2.13. The van der Waals surface area contributed by atoms with Gasteiger partial charge in [-0.25, -0.2) is 0 Å². The van der Waals surface area contributed by atoms with Crippen LogP contribution in [0, 0.1) is 5.92 Å². The van der Waals surface area contributed by atoms with E-state index in [-0.39, 0.29) is 0 Å². The lowest BCUT2D eigenvalue weighted by Crippen LogP contribution is -2.08. The van der Waals surface area contributed by atoms with E-state index in [4.69, 9.17) is 16.7 Å². The molecule has 1 rings (SSSR count). The van der Waals surface area contributed by atoms with Crippen LogP contribution < -0.4 is 0 Å². The quantitative estimate of drug-likeness (QED) is 0.604. The first kappa shape index (κ1) is 6.36. The summed E-state index contributed by atoms with van der Waals surface area (Å²) in [5.41, 5.74) is 0. The normalized spacial score (nSPS) is 24.1. The SMILES string of the molecule is O=C(O)C1C=CC=C1Cl. The third-order valence-corrected chi connectivity index (χ3v) is 1.48. The molecule has 1 N–H and O–H groups in total. The molecular weight excluding hydrogens is 140 g/mol. The van der Waals surface area contributed by atoms with Crippen molar-refractivity contribution in [3.05, 3.63) is 23.3 Å². The van der Waals surface area contributed by atoms with E-state index in [1.54, 1.807) is 18.2 Å². The van der Waals surface area contributed by atoms with Crippen LogP contribution in [0.3, 0.4) is 0 Å². The zero-order valence-electron chi connectivity index (χ0n) is 4.54. The Kier molecular flexibility index (Phi) is 1.58. The third-order valence-electron chi connectivity index (χ3n) is 1.12. The molecule has 1 aliphatic rings. The van der Waals surface area contributed by atoms with Crippen LogP contribution in [0.4, 0.5) is 0 Å². The summed E-state index contributed by atoms with van der Waals surface area (Å²) in [6.07, 6.45) is 4.77. The highest BCUT2D eigenvalue weighted by Crippen LogP contribution is 2.22. The van der Waals surface area contributed by atoms with Gasteiger partial charge in [-0.2, -0.15) is 0 Å². The van der Waals surface area contributed by atoms with E-state index < -0.39 is 11.9 Å². The zero-order chi connectivity index (χ0) is 6.85. The van der Waals surface area contributed by atoms with Crippen molar-refractivity contribution >= 4 is 17.6 Å². The van der Waals surface area contributed by atoms with E-state index in [1.807, 2.05) is 0 Å². The maximum atomic E-state index is 10.2. The fourth-order valence-corrected chi connectivity index (χ4v) is 0.893. The van der Waals surface area contributed by atoms with E-state index >= 15 is 0 Å². The van der Waals surface area contributed by atoms with E-state index in [2.05, 4.69) is 0 Å². The Morgan fingerprint density at radius 2 is 2.44 bits per heavy atom. The van der Waals surface area contributed by atoms with Gasteiger partial charge >= 0.3 is 5.97 Å². The zero-order valence-corrected chi connectivity index (χ0v) is 5.30. The highest BCUT2D eigenvalue weighted by molar-refractivity contribution is 6.31. The van der Waals surface area contributed by atoms with Crippen molar-refractivity contribution in [2.24, 2.45) is 5.92 Å². The monoisotopic (exact) mass is 144 g/mol. The molecule has 0 aromatic rings. The summed E-state index contributed by atoms with van der Waals surface area (Å²) in [5.74, 6) is -1.50. The van der Waals surface area contributed by atoms with Gasteiger partial charge in [0.1, 0.15) is 5.92 Å². The van der Waals surface area contributed by atoms with Gasteiger partial charge in [0.2, 0.25) is 0 Å². The van der Waals surface area contributed by atoms with Crippen molar-refractivity contribution < 1.29 is 9.90 Å². The molecule has 0 heterocycles. The van der Waals surface area contributed by atoms with Crippen LogP contribution in [0.5, 0.6) is 0 Å². The average molecular weight is 145 g/mol. The molecule has 0 aromatic carbocycles. The molecule has 0 bridgehead atoms. The molecule has 0 fully saturated rings. The summed E-state index contributed by atoms with van der Waals surface area (Å²) in [7, 11) is 0. The smallest absolute Gasteiger partial charge is 0.315 e. The Bertz CT molecular complexity index is 193. The summed E-state index contributed by atoms with van der Waals surface area (Å²) in [4.78, 5) is 10.2.